The lowest BCUT2D eigenvalue weighted by molar-refractivity contribution is 0.0764. The van der Waals surface area contributed by atoms with Crippen molar-refractivity contribution in [1.82, 2.24) is 19.7 Å². The van der Waals surface area contributed by atoms with Crippen molar-refractivity contribution in [3.63, 3.8) is 0 Å². The van der Waals surface area contributed by atoms with E-state index in [0.29, 0.717) is 22.4 Å². The number of halogens is 1. The van der Waals surface area contributed by atoms with Crippen LogP contribution in [0.5, 0.6) is 5.75 Å². The van der Waals surface area contributed by atoms with Gasteiger partial charge in [-0.3, -0.25) is 14.5 Å². The molecule has 3 heterocycles. The molecule has 0 saturated heterocycles. The molecule has 2 aromatic heterocycles. The fraction of sp³-hybridized carbons (Fsp3) is 0.208. The number of fused-ring (bicyclic) bond motifs is 2. The summed E-state index contributed by atoms with van der Waals surface area (Å²) in [5, 5.41) is 5.28. The average Bonchev–Trinajstić information content (AvgIpc) is 3.26. The second kappa shape index (κ2) is 7.19. The molecule has 0 spiro atoms. The number of rotatable bonds is 4. The zero-order chi connectivity index (χ0) is 23.5. The fourth-order valence-corrected chi connectivity index (χ4v) is 4.00. The molecule has 5 rings (SSSR count). The summed E-state index contributed by atoms with van der Waals surface area (Å²) >= 11 is 0. The highest BCUT2D eigenvalue weighted by Crippen LogP contribution is 2.35. The Morgan fingerprint density at radius 2 is 2.10 bits per heavy atom. The monoisotopic (exact) mass is 418 g/mol. The van der Waals surface area contributed by atoms with Gasteiger partial charge in [0.05, 0.1) is 27.6 Å². The molecule has 31 heavy (non-hydrogen) atoms. The van der Waals surface area contributed by atoms with Crippen LogP contribution >= 0.6 is 0 Å². The minimum atomic E-state index is -2.12. The van der Waals surface area contributed by atoms with E-state index in [1.165, 1.54) is 18.3 Å². The van der Waals surface area contributed by atoms with Crippen molar-refractivity contribution in [3.05, 3.63) is 77.0 Å². The van der Waals surface area contributed by atoms with Gasteiger partial charge in [-0.1, -0.05) is 6.07 Å². The van der Waals surface area contributed by atoms with E-state index in [1.807, 2.05) is 25.4 Å². The first kappa shape index (κ1) is 17.0. The van der Waals surface area contributed by atoms with Crippen LogP contribution in [0.2, 0.25) is 0 Å². The number of aromatic nitrogens is 3. The number of hydrogen-bond donors (Lipinski definition) is 0. The van der Waals surface area contributed by atoms with Crippen molar-refractivity contribution in [2.75, 3.05) is 7.11 Å². The van der Waals surface area contributed by atoms with Crippen molar-refractivity contribution in [3.8, 4) is 16.9 Å². The van der Waals surface area contributed by atoms with Crippen LogP contribution in [0.4, 0.5) is 4.39 Å². The number of carbonyl (C=O) groups is 1. The van der Waals surface area contributed by atoms with Crippen LogP contribution in [-0.4, -0.2) is 32.7 Å². The highest BCUT2D eigenvalue weighted by molar-refractivity contribution is 5.98. The Labute approximate surface area is 181 Å². The predicted octanol–water partition coefficient (Wildman–Crippen LogP) is 4.25. The van der Waals surface area contributed by atoms with Gasteiger partial charge in [-0.05, 0) is 53.9 Å². The largest absolute Gasteiger partial charge is 0.494 e. The molecule has 0 bridgehead atoms. The zero-order valence-electron chi connectivity index (χ0n) is 19.3. The number of methoxy groups -OCH3 is 1. The third-order valence-electron chi connectivity index (χ3n) is 5.54. The number of benzene rings is 2. The Kier molecular flexibility index (Phi) is 3.94. The minimum absolute atomic E-state index is 0.0573. The van der Waals surface area contributed by atoms with Gasteiger partial charge in [0.2, 0.25) is 0 Å². The molecule has 4 aromatic rings. The van der Waals surface area contributed by atoms with Crippen LogP contribution in [0, 0.1) is 12.7 Å². The van der Waals surface area contributed by atoms with Crippen molar-refractivity contribution in [1.29, 1.82) is 0 Å². The molecule has 0 aliphatic carbocycles. The van der Waals surface area contributed by atoms with Crippen molar-refractivity contribution in [2.45, 2.75) is 20.0 Å². The molecule has 0 unspecified atom stereocenters. The molecular weight excluding hydrogens is 395 g/mol. The molecule has 0 N–H and O–H groups in total. The number of ether oxygens (including phenoxy) is 1. The Hall–Kier alpha value is -3.74. The van der Waals surface area contributed by atoms with Gasteiger partial charge in [-0.2, -0.15) is 5.10 Å². The SMILES string of the molecule is [2H]C1([2H])c2ncccc2C(=O)N1Cc1c(C)cc(-c2ccc(OC)c3nn(C)cc23)cc1F. The van der Waals surface area contributed by atoms with E-state index in [-0.39, 0.29) is 23.4 Å². The summed E-state index contributed by atoms with van der Waals surface area (Å²) in [5.41, 5.74) is 3.29. The molecule has 1 aliphatic rings. The van der Waals surface area contributed by atoms with Gasteiger partial charge in [-0.15, -0.1) is 0 Å². The van der Waals surface area contributed by atoms with Gasteiger partial charge in [0.15, 0.2) is 0 Å². The number of aryl methyl sites for hydroxylation is 2. The molecule has 0 fully saturated rings. The standard InChI is InChI=1S/C24H21FN4O2/c1-14-9-15(16-6-7-22(31-3)23-19(16)11-28(2)27-23)10-20(25)18(14)12-29-13-21-17(24(29)30)5-4-8-26-21/h4-11H,12-13H2,1-3H3/i13D2. The van der Waals surface area contributed by atoms with Gasteiger partial charge in [0.25, 0.3) is 5.91 Å². The Morgan fingerprint density at radius 3 is 2.84 bits per heavy atom. The van der Waals surface area contributed by atoms with Crippen molar-refractivity contribution in [2.24, 2.45) is 7.05 Å². The predicted molar refractivity (Wildman–Crippen MR) is 115 cm³/mol. The molecule has 0 radical (unpaired) electrons. The van der Waals surface area contributed by atoms with Crippen LogP contribution in [0.15, 0.2) is 48.8 Å². The number of hydrogen-bond acceptors (Lipinski definition) is 4. The van der Waals surface area contributed by atoms with Crippen LogP contribution in [0.3, 0.4) is 0 Å². The van der Waals surface area contributed by atoms with E-state index < -0.39 is 18.2 Å². The number of pyridine rings is 1. The van der Waals surface area contributed by atoms with Gasteiger partial charge in [-0.25, -0.2) is 4.39 Å². The molecule has 156 valence electrons. The van der Waals surface area contributed by atoms with Gasteiger partial charge >= 0.3 is 0 Å². The van der Waals surface area contributed by atoms with Crippen molar-refractivity contribution < 1.29 is 16.7 Å². The van der Waals surface area contributed by atoms with E-state index in [1.54, 1.807) is 30.8 Å². The van der Waals surface area contributed by atoms with Gasteiger partial charge in [0, 0.05) is 36.9 Å². The van der Waals surface area contributed by atoms with E-state index in [4.69, 9.17) is 7.48 Å². The van der Waals surface area contributed by atoms with Gasteiger partial charge < -0.3 is 9.64 Å². The molecule has 1 aliphatic heterocycles. The fourth-order valence-electron chi connectivity index (χ4n) is 4.00. The Balaban J connectivity index is 1.55. The summed E-state index contributed by atoms with van der Waals surface area (Å²) in [6.07, 6.45) is 3.30. The normalized spacial score (nSPS) is 15.7. The zero-order valence-corrected chi connectivity index (χ0v) is 17.3. The van der Waals surface area contributed by atoms with E-state index in [0.717, 1.165) is 15.8 Å². The molecule has 2 aromatic carbocycles. The van der Waals surface area contributed by atoms with Crippen LogP contribution < -0.4 is 4.74 Å². The summed E-state index contributed by atoms with van der Waals surface area (Å²) in [7, 11) is 3.39. The lowest BCUT2D eigenvalue weighted by atomic mass is 9.96. The lowest BCUT2D eigenvalue weighted by Crippen LogP contribution is -2.24. The maximum absolute atomic E-state index is 15.4. The van der Waals surface area contributed by atoms with Crippen LogP contribution in [0.25, 0.3) is 22.0 Å². The molecule has 0 saturated carbocycles. The van der Waals surface area contributed by atoms with E-state index in [9.17, 15) is 4.79 Å². The third-order valence-corrected chi connectivity index (χ3v) is 5.54. The number of amides is 1. The van der Waals surface area contributed by atoms with E-state index in [2.05, 4.69) is 10.1 Å². The number of nitrogens with zero attached hydrogens (tertiary/aromatic N) is 4. The smallest absolute Gasteiger partial charge is 0.256 e. The van der Waals surface area contributed by atoms with E-state index >= 15 is 4.39 Å². The summed E-state index contributed by atoms with van der Waals surface area (Å²) < 4.78 is 39.3. The Morgan fingerprint density at radius 1 is 1.26 bits per heavy atom. The van der Waals surface area contributed by atoms with Crippen LogP contribution in [0.1, 0.15) is 29.9 Å². The first-order valence-corrected chi connectivity index (χ1v) is 9.79. The molecule has 6 nitrogen and oxygen atoms in total. The lowest BCUT2D eigenvalue weighted by Gasteiger charge is -2.18. The maximum Gasteiger partial charge on any atom is 0.256 e. The quantitative estimate of drug-likeness (QED) is 0.497. The summed E-state index contributed by atoms with van der Waals surface area (Å²) in [6, 6.07) is 10.0. The highest BCUT2D eigenvalue weighted by Gasteiger charge is 2.29. The second-order valence-electron chi connectivity index (χ2n) is 7.54. The first-order chi connectivity index (χ1) is 15.7. The molecule has 7 heteroatoms. The second-order valence-corrected chi connectivity index (χ2v) is 7.54. The highest BCUT2D eigenvalue weighted by atomic mass is 19.1. The van der Waals surface area contributed by atoms with Crippen LogP contribution in [-0.2, 0) is 20.1 Å². The summed E-state index contributed by atoms with van der Waals surface area (Å²) in [6.45, 7) is -0.568. The van der Waals surface area contributed by atoms with Crippen molar-refractivity contribution >= 4 is 16.8 Å². The first-order valence-electron chi connectivity index (χ1n) is 10.8. The average molecular weight is 418 g/mol. The maximum atomic E-state index is 15.4. The molecule has 1 amide bonds. The molecular formula is C24H21FN4O2. The summed E-state index contributed by atoms with van der Waals surface area (Å²) in [5.74, 6) is -0.380. The minimum Gasteiger partial charge on any atom is -0.494 e. The summed E-state index contributed by atoms with van der Waals surface area (Å²) in [4.78, 5) is 17.9. The van der Waals surface area contributed by atoms with Gasteiger partial charge in [0.1, 0.15) is 17.1 Å². The molecule has 0 atom stereocenters. The Bertz CT molecular complexity index is 1410. The third kappa shape index (κ3) is 3.13. The number of carbonyl (C=O) groups excluding carboxylic acids is 1. The topological polar surface area (TPSA) is 60.3 Å².